The fourth-order valence-electron chi connectivity index (χ4n) is 4.44. The summed E-state index contributed by atoms with van der Waals surface area (Å²) in [5.41, 5.74) is 0.796. The van der Waals surface area contributed by atoms with E-state index in [9.17, 15) is 26.7 Å². The summed E-state index contributed by atoms with van der Waals surface area (Å²) in [5, 5.41) is 0. The Bertz CT molecular complexity index is 1180. The van der Waals surface area contributed by atoms with Crippen molar-refractivity contribution in [2.24, 2.45) is 0 Å². The summed E-state index contributed by atoms with van der Waals surface area (Å²) >= 11 is 0. The highest BCUT2D eigenvalue weighted by Gasteiger charge is 2.43. The van der Waals surface area contributed by atoms with E-state index in [0.717, 1.165) is 23.8 Å². The number of fused-ring (bicyclic) bond motifs is 1. The highest BCUT2D eigenvalue weighted by atomic mass is 19.4. The molecule has 0 saturated carbocycles. The molecule has 0 aliphatic carbocycles. The second-order valence-corrected chi connectivity index (χ2v) is 8.40. The number of nitrogens with zero attached hydrogens (tertiary/aromatic N) is 1. The number of hydrogen-bond donors (Lipinski definition) is 0. The van der Waals surface area contributed by atoms with Crippen LogP contribution in [0.3, 0.4) is 0 Å². The average molecular weight is 445 g/mol. The normalized spacial score (nSPS) is 18.6. The summed E-state index contributed by atoms with van der Waals surface area (Å²) in [5.74, 6) is -1.70. The van der Waals surface area contributed by atoms with Gasteiger partial charge in [-0.15, -0.1) is 0 Å². The van der Waals surface area contributed by atoms with Crippen LogP contribution >= 0.6 is 0 Å². The van der Waals surface area contributed by atoms with Crippen LogP contribution in [0.25, 0.3) is 11.1 Å². The molecular weight excluding hydrogens is 425 g/mol. The minimum absolute atomic E-state index is 0.0455. The molecule has 1 unspecified atom stereocenters. The first-order valence-electron chi connectivity index (χ1n) is 9.99. The molecule has 1 atom stereocenters. The minimum Gasteiger partial charge on any atom is -0.341 e. The Morgan fingerprint density at radius 3 is 2.25 bits per heavy atom. The third-order valence-electron chi connectivity index (χ3n) is 5.93. The maximum Gasteiger partial charge on any atom is 0.416 e. The van der Waals surface area contributed by atoms with Crippen molar-refractivity contribution < 1.29 is 26.7 Å². The van der Waals surface area contributed by atoms with E-state index in [4.69, 9.17) is 0 Å². The van der Waals surface area contributed by atoms with Crippen molar-refractivity contribution >= 4 is 5.91 Å². The maximum absolute atomic E-state index is 13.8. The summed E-state index contributed by atoms with van der Waals surface area (Å²) in [6.45, 7) is 2.03. The van der Waals surface area contributed by atoms with Gasteiger partial charge in [-0.2, -0.15) is 13.2 Å². The Labute approximate surface area is 182 Å². The molecule has 0 bridgehead atoms. The molecule has 3 aromatic rings. The summed E-state index contributed by atoms with van der Waals surface area (Å²) in [6.07, 6.45) is -4.43. The van der Waals surface area contributed by atoms with Gasteiger partial charge in [0.1, 0.15) is 11.6 Å². The Hall–Kier alpha value is -3.22. The van der Waals surface area contributed by atoms with Crippen molar-refractivity contribution in [1.29, 1.82) is 0 Å². The van der Waals surface area contributed by atoms with Gasteiger partial charge in [0.25, 0.3) is 0 Å². The maximum atomic E-state index is 13.8. The molecular formula is C25H20F5NO. The van der Waals surface area contributed by atoms with Crippen LogP contribution in [0.1, 0.15) is 29.2 Å². The molecule has 0 aromatic heterocycles. The fourth-order valence-corrected chi connectivity index (χ4v) is 4.44. The number of carbonyl (C=O) groups excluding carboxylic acids is 1. The highest BCUT2D eigenvalue weighted by Crippen LogP contribution is 2.40. The third kappa shape index (κ3) is 3.99. The van der Waals surface area contributed by atoms with E-state index in [1.807, 2.05) is 0 Å². The SMILES string of the molecule is CN1Cc2ccc(-c3cccc(C(F)(F)F)c3)cc2C(C)(Cc2cc(F)cc(F)c2)C1=O. The van der Waals surface area contributed by atoms with E-state index in [2.05, 4.69) is 0 Å². The number of carbonyl (C=O) groups is 1. The molecule has 0 radical (unpaired) electrons. The molecule has 1 amide bonds. The zero-order valence-electron chi connectivity index (χ0n) is 17.4. The summed E-state index contributed by atoms with van der Waals surface area (Å²) < 4.78 is 67.0. The number of halogens is 5. The third-order valence-corrected chi connectivity index (χ3v) is 5.93. The van der Waals surface area contributed by atoms with Gasteiger partial charge in [-0.1, -0.05) is 24.3 Å². The molecule has 4 rings (SSSR count). The molecule has 0 N–H and O–H groups in total. The number of likely N-dealkylation sites (N-methyl/N-ethyl adjacent to an activating group) is 1. The van der Waals surface area contributed by atoms with Crippen LogP contribution < -0.4 is 0 Å². The van der Waals surface area contributed by atoms with E-state index in [-0.39, 0.29) is 12.3 Å². The van der Waals surface area contributed by atoms with Crippen molar-refractivity contribution in [1.82, 2.24) is 4.90 Å². The van der Waals surface area contributed by atoms with Crippen LogP contribution in [0.15, 0.2) is 60.7 Å². The van der Waals surface area contributed by atoms with Gasteiger partial charge in [-0.05, 0) is 71.5 Å². The monoisotopic (exact) mass is 445 g/mol. The molecule has 2 nitrogen and oxygen atoms in total. The zero-order valence-corrected chi connectivity index (χ0v) is 17.4. The number of alkyl halides is 3. The van der Waals surface area contributed by atoms with E-state index >= 15 is 0 Å². The number of amides is 1. The van der Waals surface area contributed by atoms with Crippen molar-refractivity contribution in [3.05, 3.63) is 94.6 Å². The first kappa shape index (κ1) is 22.0. The second-order valence-electron chi connectivity index (χ2n) is 8.40. The first-order valence-corrected chi connectivity index (χ1v) is 9.99. The molecule has 3 aromatic carbocycles. The van der Waals surface area contributed by atoms with Crippen LogP contribution in [0.4, 0.5) is 22.0 Å². The molecule has 7 heteroatoms. The Kier molecular flexibility index (Phi) is 5.31. The molecule has 0 fully saturated rings. The molecule has 0 spiro atoms. The fraction of sp³-hybridized carbons (Fsp3) is 0.240. The lowest BCUT2D eigenvalue weighted by Gasteiger charge is -2.40. The van der Waals surface area contributed by atoms with Crippen molar-refractivity contribution in [3.63, 3.8) is 0 Å². The second kappa shape index (κ2) is 7.73. The number of rotatable bonds is 3. The zero-order chi connectivity index (χ0) is 23.3. The number of benzene rings is 3. The standard InChI is InChI=1S/C25H20F5NO/c1-24(13-15-8-20(26)12-21(27)9-15)22-11-17(6-7-18(22)14-31(2)23(24)32)16-4-3-5-19(10-16)25(28,29)30/h3-12H,13-14H2,1-2H3. The molecule has 1 aliphatic rings. The predicted octanol–water partition coefficient (Wildman–Crippen LogP) is 6.12. The largest absolute Gasteiger partial charge is 0.416 e. The predicted molar refractivity (Wildman–Crippen MR) is 111 cm³/mol. The lowest BCUT2D eigenvalue weighted by atomic mass is 9.71. The van der Waals surface area contributed by atoms with Gasteiger partial charge in [0, 0.05) is 19.7 Å². The molecule has 166 valence electrons. The van der Waals surface area contributed by atoms with E-state index in [0.29, 0.717) is 28.8 Å². The minimum atomic E-state index is -4.47. The van der Waals surface area contributed by atoms with Gasteiger partial charge in [0.15, 0.2) is 0 Å². The van der Waals surface area contributed by atoms with E-state index < -0.39 is 28.8 Å². The topological polar surface area (TPSA) is 20.3 Å². The Morgan fingerprint density at radius 1 is 0.938 bits per heavy atom. The van der Waals surface area contributed by atoms with Gasteiger partial charge in [-0.3, -0.25) is 4.79 Å². The van der Waals surface area contributed by atoms with Crippen molar-refractivity contribution in [2.45, 2.75) is 31.5 Å². The Morgan fingerprint density at radius 2 is 1.59 bits per heavy atom. The van der Waals surface area contributed by atoms with Crippen LogP contribution in [0, 0.1) is 11.6 Å². The highest BCUT2D eigenvalue weighted by molar-refractivity contribution is 5.90. The quantitative estimate of drug-likeness (QED) is 0.445. The molecule has 32 heavy (non-hydrogen) atoms. The molecule has 0 saturated heterocycles. The molecule has 1 aliphatic heterocycles. The van der Waals surface area contributed by atoms with Gasteiger partial charge in [0.05, 0.1) is 11.0 Å². The van der Waals surface area contributed by atoms with Crippen LogP contribution in [-0.2, 0) is 29.4 Å². The first-order chi connectivity index (χ1) is 15.0. The lowest BCUT2D eigenvalue weighted by Crippen LogP contribution is -2.49. The summed E-state index contributed by atoms with van der Waals surface area (Å²) in [7, 11) is 1.65. The average Bonchev–Trinajstić information content (AvgIpc) is 2.71. The van der Waals surface area contributed by atoms with E-state index in [1.54, 1.807) is 43.1 Å². The van der Waals surface area contributed by atoms with Gasteiger partial charge in [0.2, 0.25) is 5.91 Å². The van der Waals surface area contributed by atoms with Gasteiger partial charge < -0.3 is 4.90 Å². The van der Waals surface area contributed by atoms with Crippen molar-refractivity contribution in [2.75, 3.05) is 7.05 Å². The van der Waals surface area contributed by atoms with Crippen LogP contribution in [0.5, 0.6) is 0 Å². The van der Waals surface area contributed by atoms with Crippen LogP contribution in [-0.4, -0.2) is 17.9 Å². The van der Waals surface area contributed by atoms with E-state index in [1.165, 1.54) is 18.2 Å². The smallest absolute Gasteiger partial charge is 0.341 e. The summed E-state index contributed by atoms with van der Waals surface area (Å²) in [4.78, 5) is 14.8. The summed E-state index contributed by atoms with van der Waals surface area (Å²) in [6, 6.07) is 13.3. The molecule has 1 heterocycles. The lowest BCUT2D eigenvalue weighted by molar-refractivity contribution is -0.138. The number of hydrogen-bond acceptors (Lipinski definition) is 1. The van der Waals surface area contributed by atoms with Crippen LogP contribution in [0.2, 0.25) is 0 Å². The Balaban J connectivity index is 1.82. The van der Waals surface area contributed by atoms with Crippen molar-refractivity contribution in [3.8, 4) is 11.1 Å². The van der Waals surface area contributed by atoms with Gasteiger partial charge in [-0.25, -0.2) is 8.78 Å². The van der Waals surface area contributed by atoms with Gasteiger partial charge >= 0.3 is 6.18 Å².